The highest BCUT2D eigenvalue weighted by Crippen LogP contribution is 2.43. The SMILES string of the molecule is CC1=C(C(=O)OC(C)C)[C@H](c2ccc(C(C)(C)C)cc2)N2C(=O)[C@H](C)SC2=N1. The molecule has 150 valence electrons. The molecule has 1 fully saturated rings. The van der Waals surface area contributed by atoms with E-state index in [9.17, 15) is 9.59 Å². The molecule has 0 aliphatic carbocycles. The van der Waals surface area contributed by atoms with Crippen molar-refractivity contribution in [1.82, 2.24) is 4.90 Å². The van der Waals surface area contributed by atoms with E-state index in [0.29, 0.717) is 16.4 Å². The molecule has 0 radical (unpaired) electrons. The van der Waals surface area contributed by atoms with Gasteiger partial charge in [0.15, 0.2) is 5.17 Å². The number of hydrogen-bond donors (Lipinski definition) is 0. The van der Waals surface area contributed by atoms with E-state index in [1.807, 2.05) is 39.8 Å². The van der Waals surface area contributed by atoms with Gasteiger partial charge in [0.2, 0.25) is 5.91 Å². The van der Waals surface area contributed by atoms with Crippen LogP contribution in [0.15, 0.2) is 40.5 Å². The van der Waals surface area contributed by atoms with E-state index in [-0.39, 0.29) is 22.7 Å². The molecular formula is C22H28N2O3S. The molecule has 28 heavy (non-hydrogen) atoms. The zero-order valence-electron chi connectivity index (χ0n) is 17.6. The summed E-state index contributed by atoms with van der Waals surface area (Å²) in [6, 6.07) is 7.63. The molecule has 0 bridgehead atoms. The molecule has 1 saturated heterocycles. The molecule has 6 heteroatoms. The number of esters is 1. The largest absolute Gasteiger partial charge is 0.459 e. The van der Waals surface area contributed by atoms with Gasteiger partial charge < -0.3 is 4.74 Å². The van der Waals surface area contributed by atoms with Crippen molar-refractivity contribution in [2.24, 2.45) is 4.99 Å². The number of benzene rings is 1. The average Bonchev–Trinajstić information content (AvgIpc) is 2.86. The van der Waals surface area contributed by atoms with Gasteiger partial charge in [-0.05, 0) is 44.2 Å². The summed E-state index contributed by atoms with van der Waals surface area (Å²) < 4.78 is 5.49. The summed E-state index contributed by atoms with van der Waals surface area (Å²) in [5.74, 6) is -0.450. The van der Waals surface area contributed by atoms with Crippen molar-refractivity contribution in [2.75, 3.05) is 0 Å². The fraction of sp³-hybridized carbons (Fsp3) is 0.500. The lowest BCUT2D eigenvalue weighted by Gasteiger charge is -2.33. The standard InChI is InChI=1S/C22H28N2O3S/c1-12(2)27-20(26)17-13(3)23-21-24(19(25)14(4)28-21)18(17)15-8-10-16(11-9-15)22(5,6)7/h8-12,14,18H,1-7H3/t14-,18-/m0/s1. The molecule has 1 amide bonds. The molecule has 2 heterocycles. The number of nitrogens with zero attached hydrogens (tertiary/aromatic N) is 2. The van der Waals surface area contributed by atoms with Gasteiger partial charge >= 0.3 is 5.97 Å². The Morgan fingerprint density at radius 1 is 1.21 bits per heavy atom. The lowest BCUT2D eigenvalue weighted by atomic mass is 9.85. The second-order valence-corrected chi connectivity index (χ2v) is 9.90. The number of amidine groups is 1. The topological polar surface area (TPSA) is 59.0 Å². The van der Waals surface area contributed by atoms with Crippen molar-refractivity contribution in [3.05, 3.63) is 46.7 Å². The van der Waals surface area contributed by atoms with Crippen LogP contribution >= 0.6 is 11.8 Å². The minimum atomic E-state index is -0.516. The van der Waals surface area contributed by atoms with E-state index >= 15 is 0 Å². The van der Waals surface area contributed by atoms with E-state index in [2.05, 4.69) is 37.9 Å². The number of hydrogen-bond acceptors (Lipinski definition) is 5. The maximum atomic E-state index is 12.9. The third-order valence-corrected chi connectivity index (χ3v) is 5.97. The predicted octanol–water partition coefficient (Wildman–Crippen LogP) is 4.58. The van der Waals surface area contributed by atoms with Gasteiger partial charge in [-0.25, -0.2) is 9.79 Å². The average molecular weight is 401 g/mol. The van der Waals surface area contributed by atoms with E-state index in [1.54, 1.807) is 4.90 Å². The van der Waals surface area contributed by atoms with Crippen LogP contribution in [-0.4, -0.2) is 33.3 Å². The number of rotatable bonds is 3. The van der Waals surface area contributed by atoms with Crippen molar-refractivity contribution in [1.29, 1.82) is 0 Å². The van der Waals surface area contributed by atoms with Crippen molar-refractivity contribution >= 4 is 28.8 Å². The molecule has 3 rings (SSSR count). The lowest BCUT2D eigenvalue weighted by molar-refractivity contribution is -0.143. The molecule has 1 aromatic rings. The summed E-state index contributed by atoms with van der Waals surface area (Å²) >= 11 is 1.43. The Balaban J connectivity index is 2.10. The summed E-state index contributed by atoms with van der Waals surface area (Å²) in [6.07, 6.45) is -0.246. The first kappa shape index (κ1) is 20.6. The van der Waals surface area contributed by atoms with Crippen LogP contribution in [-0.2, 0) is 19.7 Å². The second kappa shape index (κ2) is 7.39. The maximum Gasteiger partial charge on any atom is 0.338 e. The van der Waals surface area contributed by atoms with Gasteiger partial charge in [-0.15, -0.1) is 0 Å². The summed E-state index contributed by atoms with van der Waals surface area (Å²) in [6.45, 7) is 13.8. The second-order valence-electron chi connectivity index (χ2n) is 8.59. The Bertz CT molecular complexity index is 863. The quantitative estimate of drug-likeness (QED) is 0.697. The van der Waals surface area contributed by atoms with Crippen LogP contribution in [0.3, 0.4) is 0 Å². The molecule has 2 atom stereocenters. The number of aliphatic imine (C=N–C) groups is 1. The number of allylic oxidation sites excluding steroid dienone is 1. The number of thioether (sulfide) groups is 1. The first-order valence-corrected chi connectivity index (χ1v) is 10.5. The molecule has 2 aliphatic rings. The first-order valence-electron chi connectivity index (χ1n) is 9.61. The van der Waals surface area contributed by atoms with Gasteiger partial charge in [-0.1, -0.05) is 56.8 Å². The van der Waals surface area contributed by atoms with Crippen LogP contribution in [0.5, 0.6) is 0 Å². The zero-order valence-corrected chi connectivity index (χ0v) is 18.4. The summed E-state index contributed by atoms with van der Waals surface area (Å²) in [7, 11) is 0. The normalized spacial score (nSPS) is 22.5. The zero-order chi connectivity index (χ0) is 20.8. The molecule has 0 saturated carbocycles. The fourth-order valence-electron chi connectivity index (χ4n) is 3.42. The number of fused-ring (bicyclic) bond motifs is 1. The Morgan fingerprint density at radius 3 is 2.36 bits per heavy atom. The number of amides is 1. The van der Waals surface area contributed by atoms with Gasteiger partial charge in [0, 0.05) is 0 Å². The fourth-order valence-corrected chi connectivity index (χ4v) is 4.45. The predicted molar refractivity (Wildman–Crippen MR) is 113 cm³/mol. The number of carbonyl (C=O) groups excluding carboxylic acids is 2. The minimum absolute atomic E-state index is 0.0245. The molecule has 2 aliphatic heterocycles. The molecule has 0 unspecified atom stereocenters. The molecule has 5 nitrogen and oxygen atoms in total. The number of ether oxygens (including phenoxy) is 1. The first-order chi connectivity index (χ1) is 13.0. The van der Waals surface area contributed by atoms with Crippen molar-refractivity contribution in [3.63, 3.8) is 0 Å². The van der Waals surface area contributed by atoms with Gasteiger partial charge in [0.25, 0.3) is 0 Å². The van der Waals surface area contributed by atoms with Gasteiger partial charge in [0.05, 0.1) is 28.7 Å². The van der Waals surface area contributed by atoms with E-state index < -0.39 is 12.0 Å². The van der Waals surface area contributed by atoms with Crippen LogP contribution in [0.4, 0.5) is 0 Å². The highest BCUT2D eigenvalue weighted by molar-refractivity contribution is 8.15. The van der Waals surface area contributed by atoms with E-state index in [0.717, 1.165) is 5.56 Å². The number of carbonyl (C=O) groups is 2. The van der Waals surface area contributed by atoms with Crippen LogP contribution in [0, 0.1) is 0 Å². The summed E-state index contributed by atoms with van der Waals surface area (Å²) in [5, 5.41) is 0.435. The minimum Gasteiger partial charge on any atom is -0.459 e. The van der Waals surface area contributed by atoms with Crippen molar-refractivity contribution in [2.45, 2.75) is 71.3 Å². The van der Waals surface area contributed by atoms with E-state index in [4.69, 9.17) is 4.74 Å². The van der Waals surface area contributed by atoms with Gasteiger partial charge in [-0.2, -0.15) is 0 Å². The van der Waals surface area contributed by atoms with Crippen LogP contribution in [0.1, 0.15) is 65.6 Å². The Hall–Kier alpha value is -2.08. The molecular weight excluding hydrogens is 372 g/mol. The molecule has 0 N–H and O–H groups in total. The Kier molecular flexibility index (Phi) is 5.45. The summed E-state index contributed by atoms with van der Waals surface area (Å²) in [4.78, 5) is 32.0. The van der Waals surface area contributed by atoms with E-state index in [1.165, 1.54) is 17.3 Å². The van der Waals surface area contributed by atoms with Gasteiger partial charge in [-0.3, -0.25) is 9.69 Å². The van der Waals surface area contributed by atoms with Crippen LogP contribution in [0.2, 0.25) is 0 Å². The van der Waals surface area contributed by atoms with Crippen LogP contribution in [0.25, 0.3) is 0 Å². The van der Waals surface area contributed by atoms with Gasteiger partial charge in [0.1, 0.15) is 0 Å². The monoisotopic (exact) mass is 400 g/mol. The highest BCUT2D eigenvalue weighted by Gasteiger charge is 2.46. The third-order valence-electron chi connectivity index (χ3n) is 4.91. The summed E-state index contributed by atoms with van der Waals surface area (Å²) in [5.41, 5.74) is 3.15. The van der Waals surface area contributed by atoms with Crippen molar-refractivity contribution < 1.29 is 14.3 Å². The smallest absolute Gasteiger partial charge is 0.338 e. The lowest BCUT2D eigenvalue weighted by Crippen LogP contribution is -2.40. The Morgan fingerprint density at radius 2 is 1.82 bits per heavy atom. The van der Waals surface area contributed by atoms with Crippen molar-refractivity contribution in [3.8, 4) is 0 Å². The molecule has 0 spiro atoms. The molecule has 1 aromatic carbocycles. The molecule has 0 aromatic heterocycles. The maximum absolute atomic E-state index is 12.9. The highest BCUT2D eigenvalue weighted by atomic mass is 32.2. The Labute approximate surface area is 171 Å². The van der Waals surface area contributed by atoms with Crippen LogP contribution < -0.4 is 0 Å². The third kappa shape index (κ3) is 3.75.